The van der Waals surface area contributed by atoms with Gasteiger partial charge in [0.15, 0.2) is 0 Å². The maximum atomic E-state index is 11.1. The van der Waals surface area contributed by atoms with Crippen molar-refractivity contribution >= 4 is 17.8 Å². The average molecular weight is 212 g/mol. The molecule has 2 rings (SSSR count). The lowest BCUT2D eigenvalue weighted by Gasteiger charge is -2.30. The number of aldehydes is 1. The molecule has 0 amide bonds. The van der Waals surface area contributed by atoms with Gasteiger partial charge in [0.2, 0.25) is 0 Å². The summed E-state index contributed by atoms with van der Waals surface area (Å²) in [6.07, 6.45) is 3.53. The summed E-state index contributed by atoms with van der Waals surface area (Å²) in [6, 6.07) is 0. The molecule has 0 saturated carbocycles. The minimum absolute atomic E-state index is 0.353. The molecule has 4 nitrogen and oxygen atoms in total. The molecule has 5 heteroatoms. The fraction of sp³-hybridized carbons (Fsp3) is 0.667. The Morgan fingerprint density at radius 3 is 3.21 bits per heavy atom. The highest BCUT2D eigenvalue weighted by atomic mass is 32.1. The van der Waals surface area contributed by atoms with Gasteiger partial charge in [-0.15, -0.1) is 5.10 Å². The summed E-state index contributed by atoms with van der Waals surface area (Å²) in [4.78, 5) is 11.1. The Hall–Kier alpha value is -0.810. The van der Waals surface area contributed by atoms with Crippen molar-refractivity contribution < 1.29 is 9.53 Å². The van der Waals surface area contributed by atoms with E-state index in [-0.39, 0.29) is 5.41 Å². The van der Waals surface area contributed by atoms with Crippen molar-refractivity contribution in [3.63, 3.8) is 0 Å². The number of nitrogens with zero attached hydrogens (tertiary/aromatic N) is 2. The predicted octanol–water partition coefficient (Wildman–Crippen LogP) is 1.08. The van der Waals surface area contributed by atoms with Crippen LogP contribution in [-0.2, 0) is 16.0 Å². The normalized spacial score (nSPS) is 27.4. The number of carbonyl (C=O) groups excluding carboxylic acids is 1. The fourth-order valence-electron chi connectivity index (χ4n) is 1.77. The number of aromatic nitrogens is 2. The fourth-order valence-corrected chi connectivity index (χ4v) is 2.22. The van der Waals surface area contributed by atoms with Gasteiger partial charge in [-0.05, 0) is 24.4 Å². The monoisotopic (exact) mass is 212 g/mol. The Morgan fingerprint density at radius 2 is 2.64 bits per heavy atom. The quantitative estimate of drug-likeness (QED) is 0.703. The minimum Gasteiger partial charge on any atom is -0.380 e. The molecule has 1 aliphatic heterocycles. The number of hydrogen-bond acceptors (Lipinski definition) is 5. The zero-order valence-electron chi connectivity index (χ0n) is 7.81. The first kappa shape index (κ1) is 9.73. The van der Waals surface area contributed by atoms with E-state index in [1.165, 1.54) is 11.5 Å². The molecule has 1 aliphatic rings. The van der Waals surface area contributed by atoms with Crippen LogP contribution in [0.1, 0.15) is 18.5 Å². The van der Waals surface area contributed by atoms with Gasteiger partial charge >= 0.3 is 0 Å². The minimum atomic E-state index is -0.353. The first-order valence-corrected chi connectivity index (χ1v) is 5.48. The Kier molecular flexibility index (Phi) is 2.88. The van der Waals surface area contributed by atoms with Gasteiger partial charge in [-0.25, -0.2) is 0 Å². The summed E-state index contributed by atoms with van der Waals surface area (Å²) in [5, 5.41) is 5.85. The summed E-state index contributed by atoms with van der Waals surface area (Å²) < 4.78 is 9.14. The zero-order chi connectivity index (χ0) is 9.86. The molecule has 0 N–H and O–H groups in total. The van der Waals surface area contributed by atoms with Gasteiger partial charge in [0.05, 0.1) is 17.7 Å². The molecule has 1 atom stereocenters. The molecule has 1 aromatic rings. The van der Waals surface area contributed by atoms with E-state index >= 15 is 0 Å². The second kappa shape index (κ2) is 4.14. The highest BCUT2D eigenvalue weighted by molar-refractivity contribution is 7.03. The lowest BCUT2D eigenvalue weighted by Crippen LogP contribution is -2.35. The zero-order valence-corrected chi connectivity index (χ0v) is 8.63. The molecular formula is C9H12N2O2S. The van der Waals surface area contributed by atoms with Crippen LogP contribution in [0.25, 0.3) is 0 Å². The third-order valence-corrected chi connectivity index (χ3v) is 3.09. The molecule has 0 aromatic carbocycles. The van der Waals surface area contributed by atoms with Crippen LogP contribution in [0.3, 0.4) is 0 Å². The van der Waals surface area contributed by atoms with Gasteiger partial charge in [0.1, 0.15) is 6.29 Å². The molecule has 0 radical (unpaired) electrons. The Bertz CT molecular complexity index is 294. The van der Waals surface area contributed by atoms with Crippen LogP contribution in [0.4, 0.5) is 0 Å². The van der Waals surface area contributed by atoms with Crippen LogP contribution in [0.2, 0.25) is 0 Å². The molecule has 14 heavy (non-hydrogen) atoms. The van der Waals surface area contributed by atoms with E-state index in [9.17, 15) is 4.79 Å². The summed E-state index contributed by atoms with van der Waals surface area (Å²) in [5.41, 5.74) is 0.543. The Morgan fingerprint density at radius 1 is 1.71 bits per heavy atom. The van der Waals surface area contributed by atoms with E-state index in [2.05, 4.69) is 9.59 Å². The third kappa shape index (κ3) is 1.99. The lowest BCUT2D eigenvalue weighted by atomic mass is 9.80. The van der Waals surface area contributed by atoms with Crippen molar-refractivity contribution in [2.75, 3.05) is 13.2 Å². The third-order valence-electron chi connectivity index (χ3n) is 2.54. The van der Waals surface area contributed by atoms with Crippen LogP contribution in [0, 0.1) is 5.41 Å². The van der Waals surface area contributed by atoms with Gasteiger partial charge in [0.25, 0.3) is 0 Å². The number of hydrogen-bond donors (Lipinski definition) is 0. The molecule has 1 fully saturated rings. The van der Waals surface area contributed by atoms with Gasteiger partial charge in [-0.3, -0.25) is 0 Å². The van der Waals surface area contributed by atoms with E-state index < -0.39 is 0 Å². The van der Waals surface area contributed by atoms with Crippen molar-refractivity contribution in [1.82, 2.24) is 9.59 Å². The summed E-state index contributed by atoms with van der Waals surface area (Å²) in [6.45, 7) is 1.29. The Labute approximate surface area is 86.4 Å². The summed E-state index contributed by atoms with van der Waals surface area (Å²) in [7, 11) is 0. The second-order valence-electron chi connectivity index (χ2n) is 3.71. The second-order valence-corrected chi connectivity index (χ2v) is 4.32. The van der Waals surface area contributed by atoms with Crippen molar-refractivity contribution in [3.8, 4) is 0 Å². The molecule has 1 saturated heterocycles. The molecule has 1 unspecified atom stereocenters. The lowest BCUT2D eigenvalue weighted by molar-refractivity contribution is -0.123. The molecule has 0 spiro atoms. The number of ether oxygens (including phenoxy) is 1. The number of carbonyl (C=O) groups is 1. The van der Waals surface area contributed by atoms with Crippen LogP contribution in [-0.4, -0.2) is 29.1 Å². The van der Waals surface area contributed by atoms with Crippen molar-refractivity contribution in [2.24, 2.45) is 5.41 Å². The largest absolute Gasteiger partial charge is 0.380 e. The maximum absolute atomic E-state index is 11.1. The van der Waals surface area contributed by atoms with Gasteiger partial charge in [0, 0.05) is 18.4 Å². The maximum Gasteiger partial charge on any atom is 0.128 e. The molecule has 76 valence electrons. The van der Waals surface area contributed by atoms with Crippen LogP contribution in [0.5, 0.6) is 0 Å². The van der Waals surface area contributed by atoms with E-state index in [1.54, 1.807) is 0 Å². The van der Waals surface area contributed by atoms with E-state index in [0.717, 1.165) is 31.4 Å². The first-order valence-electron chi connectivity index (χ1n) is 4.65. The summed E-state index contributed by atoms with van der Waals surface area (Å²) >= 11 is 1.32. The van der Waals surface area contributed by atoms with Crippen LogP contribution in [0.15, 0.2) is 5.38 Å². The van der Waals surface area contributed by atoms with Crippen LogP contribution < -0.4 is 0 Å². The van der Waals surface area contributed by atoms with Gasteiger partial charge in [-0.1, -0.05) is 4.49 Å². The SMILES string of the molecule is O=CC1(Cc2csnn2)CCCOC1. The smallest absolute Gasteiger partial charge is 0.128 e. The van der Waals surface area contributed by atoms with Crippen molar-refractivity contribution in [1.29, 1.82) is 0 Å². The Balaban J connectivity index is 2.08. The summed E-state index contributed by atoms with van der Waals surface area (Å²) in [5.74, 6) is 0. The van der Waals surface area contributed by atoms with Crippen LogP contribution >= 0.6 is 11.5 Å². The highest BCUT2D eigenvalue weighted by Gasteiger charge is 2.33. The average Bonchev–Trinajstić information content (AvgIpc) is 2.72. The van der Waals surface area contributed by atoms with Gasteiger partial charge < -0.3 is 9.53 Å². The highest BCUT2D eigenvalue weighted by Crippen LogP contribution is 2.29. The molecule has 2 heterocycles. The van der Waals surface area contributed by atoms with Gasteiger partial charge in [-0.2, -0.15) is 0 Å². The molecule has 0 bridgehead atoms. The topological polar surface area (TPSA) is 52.1 Å². The van der Waals surface area contributed by atoms with E-state index in [0.29, 0.717) is 13.0 Å². The van der Waals surface area contributed by atoms with Crippen molar-refractivity contribution in [2.45, 2.75) is 19.3 Å². The first-order chi connectivity index (χ1) is 6.85. The molecule has 1 aromatic heterocycles. The molecule has 0 aliphatic carbocycles. The van der Waals surface area contributed by atoms with E-state index in [1.807, 2.05) is 5.38 Å². The predicted molar refractivity (Wildman–Crippen MR) is 52.2 cm³/mol. The number of rotatable bonds is 3. The molecular weight excluding hydrogens is 200 g/mol. The van der Waals surface area contributed by atoms with E-state index in [4.69, 9.17) is 4.74 Å². The standard InChI is InChI=1S/C9H12N2O2S/c12-6-9(2-1-3-13-7-9)4-8-5-14-11-10-8/h5-6H,1-4,7H2. The van der Waals surface area contributed by atoms with Crippen molar-refractivity contribution in [3.05, 3.63) is 11.1 Å².